The molecule has 1 amide bonds. The highest BCUT2D eigenvalue weighted by Crippen LogP contribution is 2.27. The smallest absolute Gasteiger partial charge is 0.278 e. The van der Waals surface area contributed by atoms with Gasteiger partial charge in [-0.25, -0.2) is 9.67 Å². The van der Waals surface area contributed by atoms with Crippen molar-refractivity contribution in [2.24, 2.45) is 0 Å². The Morgan fingerprint density at radius 2 is 1.93 bits per heavy atom. The van der Waals surface area contributed by atoms with Crippen LogP contribution in [0.25, 0.3) is 21.0 Å². The van der Waals surface area contributed by atoms with Crippen LogP contribution in [-0.4, -0.2) is 20.7 Å². The molecule has 0 bridgehead atoms. The van der Waals surface area contributed by atoms with E-state index in [9.17, 15) is 9.59 Å². The van der Waals surface area contributed by atoms with Gasteiger partial charge in [0.25, 0.3) is 11.5 Å². The molecule has 148 valence electrons. The Morgan fingerprint density at radius 3 is 2.69 bits per heavy atom. The molecule has 0 atom stereocenters. The summed E-state index contributed by atoms with van der Waals surface area (Å²) in [4.78, 5) is 30.3. The topological polar surface area (TPSA) is 76.9 Å². The van der Waals surface area contributed by atoms with E-state index in [4.69, 9.17) is 0 Å². The molecular weight excluding hydrogens is 384 g/mol. The molecule has 7 heteroatoms. The summed E-state index contributed by atoms with van der Waals surface area (Å²) in [6.07, 6.45) is 2.71. The summed E-state index contributed by atoms with van der Waals surface area (Å²) in [6, 6.07) is 13.2. The number of anilines is 1. The van der Waals surface area contributed by atoms with Gasteiger partial charge in [0.1, 0.15) is 0 Å². The van der Waals surface area contributed by atoms with Crippen molar-refractivity contribution in [1.29, 1.82) is 0 Å². The number of hydrogen-bond acceptors (Lipinski definition) is 5. The van der Waals surface area contributed by atoms with Gasteiger partial charge in [-0.3, -0.25) is 14.9 Å². The van der Waals surface area contributed by atoms with E-state index in [-0.39, 0.29) is 17.2 Å². The Bertz CT molecular complexity index is 1260. The number of carbonyl (C=O) groups excluding carboxylic acids is 1. The number of fused-ring (bicyclic) bond motifs is 2. The van der Waals surface area contributed by atoms with Crippen molar-refractivity contribution in [3.8, 4) is 0 Å². The van der Waals surface area contributed by atoms with E-state index in [2.05, 4.69) is 35.3 Å². The number of hydrogen-bond donors (Lipinski definition) is 1. The average Bonchev–Trinajstić information content (AvgIpc) is 3.14. The summed E-state index contributed by atoms with van der Waals surface area (Å²) < 4.78 is 2.43. The quantitative estimate of drug-likeness (QED) is 0.507. The van der Waals surface area contributed by atoms with Crippen LogP contribution in [-0.2, 0) is 13.0 Å². The van der Waals surface area contributed by atoms with Gasteiger partial charge in [-0.05, 0) is 36.6 Å². The number of rotatable bonds is 6. The lowest BCUT2D eigenvalue weighted by molar-refractivity contribution is 0.102. The van der Waals surface area contributed by atoms with E-state index in [1.54, 1.807) is 24.3 Å². The molecule has 0 fully saturated rings. The molecule has 4 rings (SSSR count). The van der Waals surface area contributed by atoms with Crippen LogP contribution >= 0.6 is 11.3 Å². The molecular formula is C22H22N4O2S. The van der Waals surface area contributed by atoms with Gasteiger partial charge in [0.05, 0.1) is 15.6 Å². The fraction of sp³-hybridized carbons (Fsp3) is 0.273. The molecule has 2 aromatic carbocycles. The number of unbranched alkanes of at least 4 members (excludes halogenated alkanes) is 1. The van der Waals surface area contributed by atoms with Crippen molar-refractivity contribution < 1.29 is 4.79 Å². The lowest BCUT2D eigenvalue weighted by Crippen LogP contribution is -2.27. The van der Waals surface area contributed by atoms with Crippen LogP contribution in [0.1, 0.15) is 42.7 Å². The third-order valence-electron chi connectivity index (χ3n) is 4.89. The summed E-state index contributed by atoms with van der Waals surface area (Å²) >= 11 is 1.44. The zero-order valence-electron chi connectivity index (χ0n) is 16.4. The van der Waals surface area contributed by atoms with Gasteiger partial charge >= 0.3 is 0 Å². The SMILES string of the molecule is CCCCn1nc(C(=O)Nc2nc3ccc(CC)cc3s2)c2ccccc2c1=O. The molecule has 0 aliphatic heterocycles. The summed E-state index contributed by atoms with van der Waals surface area (Å²) in [6.45, 7) is 4.65. The van der Waals surface area contributed by atoms with Crippen molar-refractivity contribution >= 4 is 43.4 Å². The van der Waals surface area contributed by atoms with Gasteiger partial charge in [0, 0.05) is 11.9 Å². The Kier molecular flexibility index (Phi) is 5.40. The molecule has 2 heterocycles. The van der Waals surface area contributed by atoms with Gasteiger partial charge < -0.3 is 0 Å². The summed E-state index contributed by atoms with van der Waals surface area (Å²) in [5.74, 6) is -0.360. The highest BCUT2D eigenvalue weighted by atomic mass is 32.1. The second-order valence-electron chi connectivity index (χ2n) is 6.90. The highest BCUT2D eigenvalue weighted by Gasteiger charge is 2.18. The molecule has 0 spiro atoms. The first-order valence-electron chi connectivity index (χ1n) is 9.81. The first kappa shape index (κ1) is 19.3. The molecule has 0 saturated carbocycles. The van der Waals surface area contributed by atoms with E-state index < -0.39 is 0 Å². The fourth-order valence-electron chi connectivity index (χ4n) is 3.26. The summed E-state index contributed by atoms with van der Waals surface area (Å²) in [7, 11) is 0. The standard InChI is InChI=1S/C22H22N4O2S/c1-3-5-12-26-21(28)16-9-7-6-8-15(16)19(25-26)20(27)24-22-23-17-11-10-14(4-2)13-18(17)29-22/h6-11,13H,3-5,12H2,1-2H3,(H,23,24,27). The lowest BCUT2D eigenvalue weighted by atomic mass is 10.1. The first-order valence-corrected chi connectivity index (χ1v) is 10.6. The molecule has 0 aliphatic carbocycles. The predicted molar refractivity (Wildman–Crippen MR) is 118 cm³/mol. The largest absolute Gasteiger partial charge is 0.296 e. The highest BCUT2D eigenvalue weighted by molar-refractivity contribution is 7.22. The third-order valence-corrected chi connectivity index (χ3v) is 5.82. The zero-order valence-corrected chi connectivity index (χ0v) is 17.3. The minimum absolute atomic E-state index is 0.169. The van der Waals surface area contributed by atoms with Crippen molar-refractivity contribution in [2.45, 2.75) is 39.7 Å². The summed E-state index contributed by atoms with van der Waals surface area (Å²) in [5, 5.41) is 8.83. The van der Waals surface area contributed by atoms with Gasteiger partial charge in [0.2, 0.25) is 0 Å². The Balaban J connectivity index is 1.72. The number of benzene rings is 2. The number of nitrogens with one attached hydrogen (secondary N) is 1. The number of nitrogens with zero attached hydrogens (tertiary/aromatic N) is 3. The molecule has 6 nitrogen and oxygen atoms in total. The molecule has 0 saturated heterocycles. The Labute approximate surface area is 172 Å². The van der Waals surface area contributed by atoms with Crippen LogP contribution in [0.4, 0.5) is 5.13 Å². The van der Waals surface area contributed by atoms with Gasteiger partial charge in [-0.1, -0.05) is 55.9 Å². The molecule has 0 radical (unpaired) electrons. The van der Waals surface area contributed by atoms with Gasteiger partial charge in [0.15, 0.2) is 10.8 Å². The molecule has 0 aliphatic rings. The Morgan fingerprint density at radius 1 is 1.14 bits per heavy atom. The van der Waals surface area contributed by atoms with Crippen LogP contribution < -0.4 is 10.9 Å². The van der Waals surface area contributed by atoms with Crippen molar-refractivity contribution in [2.75, 3.05) is 5.32 Å². The predicted octanol–water partition coefficient (Wildman–Crippen LogP) is 4.62. The monoisotopic (exact) mass is 406 g/mol. The zero-order chi connectivity index (χ0) is 20.4. The second kappa shape index (κ2) is 8.13. The van der Waals surface area contributed by atoms with E-state index in [0.717, 1.165) is 29.5 Å². The molecule has 29 heavy (non-hydrogen) atoms. The van der Waals surface area contributed by atoms with Crippen LogP contribution in [0.3, 0.4) is 0 Å². The number of thiazole rings is 1. The summed E-state index contributed by atoms with van der Waals surface area (Å²) in [5.41, 5.74) is 2.16. The molecule has 1 N–H and O–H groups in total. The average molecular weight is 407 g/mol. The second-order valence-corrected chi connectivity index (χ2v) is 7.94. The van der Waals surface area contributed by atoms with Crippen molar-refractivity contribution in [3.05, 3.63) is 64.1 Å². The van der Waals surface area contributed by atoms with Gasteiger partial charge in [-0.15, -0.1) is 0 Å². The van der Waals surface area contributed by atoms with Crippen molar-refractivity contribution in [1.82, 2.24) is 14.8 Å². The number of amides is 1. The third kappa shape index (κ3) is 3.78. The molecule has 4 aromatic rings. The van der Waals surface area contributed by atoms with E-state index >= 15 is 0 Å². The van der Waals surface area contributed by atoms with Crippen molar-refractivity contribution in [3.63, 3.8) is 0 Å². The van der Waals surface area contributed by atoms with Crippen LogP contribution in [0.15, 0.2) is 47.3 Å². The maximum absolute atomic E-state index is 13.0. The normalized spacial score (nSPS) is 11.2. The van der Waals surface area contributed by atoms with Crippen LogP contribution in [0.2, 0.25) is 0 Å². The van der Waals surface area contributed by atoms with E-state index in [1.807, 2.05) is 12.1 Å². The van der Waals surface area contributed by atoms with E-state index in [1.165, 1.54) is 21.6 Å². The Hall–Kier alpha value is -3.06. The number of aromatic nitrogens is 3. The van der Waals surface area contributed by atoms with Crippen LogP contribution in [0, 0.1) is 0 Å². The first-order chi connectivity index (χ1) is 14.1. The maximum Gasteiger partial charge on any atom is 0.278 e. The molecule has 0 unspecified atom stereocenters. The van der Waals surface area contributed by atoms with E-state index in [0.29, 0.717) is 22.4 Å². The van der Waals surface area contributed by atoms with Gasteiger partial charge in [-0.2, -0.15) is 5.10 Å². The minimum atomic E-state index is -0.360. The minimum Gasteiger partial charge on any atom is -0.296 e. The van der Waals surface area contributed by atoms with Crippen LogP contribution in [0.5, 0.6) is 0 Å². The number of carbonyl (C=O) groups is 1. The maximum atomic E-state index is 13.0. The molecule has 2 aromatic heterocycles. The lowest BCUT2D eigenvalue weighted by Gasteiger charge is -2.10. The fourth-order valence-corrected chi connectivity index (χ4v) is 4.19. The number of aryl methyl sites for hydroxylation is 2.